The molecule has 0 aliphatic heterocycles. The molecule has 0 nitrogen and oxygen atoms in total. The van der Waals surface area contributed by atoms with Crippen LogP contribution in [0.4, 0.5) is 0 Å². The minimum absolute atomic E-state index is 0.252. The van der Waals surface area contributed by atoms with Gasteiger partial charge in [-0.2, -0.15) is 0 Å². The van der Waals surface area contributed by atoms with Crippen molar-refractivity contribution in [3.05, 3.63) is 35.4 Å². The molecular formula is C13H17Cl. The van der Waals surface area contributed by atoms with Crippen molar-refractivity contribution in [2.24, 2.45) is 0 Å². The minimum atomic E-state index is 0.252. The summed E-state index contributed by atoms with van der Waals surface area (Å²) >= 11 is 6.02. The molecule has 0 amide bonds. The molecule has 1 aliphatic carbocycles. The van der Waals surface area contributed by atoms with Gasteiger partial charge in [0, 0.05) is 11.3 Å². The van der Waals surface area contributed by atoms with Crippen LogP contribution in [-0.2, 0) is 5.41 Å². The summed E-state index contributed by atoms with van der Waals surface area (Å²) in [7, 11) is 0. The Morgan fingerprint density at radius 3 is 2.00 bits per heavy atom. The third-order valence-electron chi connectivity index (χ3n) is 2.92. The standard InChI is InChI=1S/C13H17Cl/c1-13(2,3)10-6-4-9(5-7-10)11-8-12(11)14/h4-7,11-12H,8H2,1-3H3/t11-,12-/m0/s1. The van der Waals surface area contributed by atoms with Gasteiger partial charge in [0.15, 0.2) is 0 Å². The van der Waals surface area contributed by atoms with E-state index < -0.39 is 0 Å². The number of halogens is 1. The minimum Gasteiger partial charge on any atom is -0.122 e. The van der Waals surface area contributed by atoms with E-state index in [0.29, 0.717) is 11.3 Å². The van der Waals surface area contributed by atoms with Gasteiger partial charge in [-0.25, -0.2) is 0 Å². The van der Waals surface area contributed by atoms with Gasteiger partial charge in [-0.3, -0.25) is 0 Å². The normalized spacial score (nSPS) is 26.3. The van der Waals surface area contributed by atoms with Gasteiger partial charge >= 0.3 is 0 Å². The number of hydrogen-bond acceptors (Lipinski definition) is 0. The van der Waals surface area contributed by atoms with Gasteiger partial charge in [0.25, 0.3) is 0 Å². The quantitative estimate of drug-likeness (QED) is 0.611. The maximum atomic E-state index is 6.02. The summed E-state index contributed by atoms with van der Waals surface area (Å²) in [5.74, 6) is 0.616. The van der Waals surface area contributed by atoms with Crippen molar-refractivity contribution in [1.29, 1.82) is 0 Å². The third-order valence-corrected chi connectivity index (χ3v) is 3.40. The molecule has 1 aromatic rings. The zero-order chi connectivity index (χ0) is 10.3. The Morgan fingerprint density at radius 2 is 1.64 bits per heavy atom. The number of rotatable bonds is 1. The molecule has 0 bridgehead atoms. The van der Waals surface area contributed by atoms with Crippen LogP contribution in [0.1, 0.15) is 44.2 Å². The summed E-state index contributed by atoms with van der Waals surface area (Å²) in [5.41, 5.74) is 3.05. The van der Waals surface area contributed by atoms with Crippen molar-refractivity contribution in [1.82, 2.24) is 0 Å². The molecule has 1 aliphatic rings. The first-order valence-electron chi connectivity index (χ1n) is 5.23. The lowest BCUT2D eigenvalue weighted by Gasteiger charge is -2.19. The SMILES string of the molecule is CC(C)(C)c1ccc([C@@H]2C[C@@H]2Cl)cc1. The highest BCUT2D eigenvalue weighted by Gasteiger charge is 2.36. The van der Waals surface area contributed by atoms with Gasteiger partial charge in [0.2, 0.25) is 0 Å². The maximum absolute atomic E-state index is 6.02. The lowest BCUT2D eigenvalue weighted by atomic mass is 9.86. The summed E-state index contributed by atoms with van der Waals surface area (Å²) in [4.78, 5) is 0. The van der Waals surface area contributed by atoms with E-state index in [9.17, 15) is 0 Å². The maximum Gasteiger partial charge on any atom is 0.0411 e. The molecule has 0 spiro atoms. The molecule has 0 saturated heterocycles. The van der Waals surface area contributed by atoms with Gasteiger partial charge < -0.3 is 0 Å². The molecule has 2 atom stereocenters. The summed E-state index contributed by atoms with van der Waals surface area (Å²) in [6.45, 7) is 6.72. The molecule has 0 radical (unpaired) electrons. The van der Waals surface area contributed by atoms with Gasteiger partial charge in [-0.1, -0.05) is 45.0 Å². The summed E-state index contributed by atoms with van der Waals surface area (Å²) < 4.78 is 0. The highest BCUT2D eigenvalue weighted by atomic mass is 35.5. The van der Waals surface area contributed by atoms with Crippen LogP contribution in [0.15, 0.2) is 24.3 Å². The molecule has 1 aromatic carbocycles. The second kappa shape index (κ2) is 3.27. The highest BCUT2D eigenvalue weighted by molar-refractivity contribution is 6.23. The van der Waals surface area contributed by atoms with E-state index in [-0.39, 0.29) is 5.41 Å². The van der Waals surface area contributed by atoms with E-state index in [1.165, 1.54) is 11.1 Å². The second-order valence-corrected chi connectivity index (χ2v) is 5.79. The van der Waals surface area contributed by atoms with Crippen LogP contribution < -0.4 is 0 Å². The molecule has 76 valence electrons. The van der Waals surface area contributed by atoms with Crippen LogP contribution in [0.25, 0.3) is 0 Å². The Hall–Kier alpha value is -0.490. The fraction of sp³-hybridized carbons (Fsp3) is 0.538. The van der Waals surface area contributed by atoms with Crippen LogP contribution >= 0.6 is 11.6 Å². The zero-order valence-electron chi connectivity index (χ0n) is 9.05. The summed E-state index contributed by atoms with van der Waals surface area (Å²) in [6, 6.07) is 8.93. The molecule has 0 aromatic heterocycles. The fourth-order valence-corrected chi connectivity index (χ4v) is 2.08. The van der Waals surface area contributed by atoms with Crippen LogP contribution in [0.2, 0.25) is 0 Å². The first-order chi connectivity index (χ1) is 6.48. The Morgan fingerprint density at radius 1 is 1.14 bits per heavy atom. The largest absolute Gasteiger partial charge is 0.122 e. The Labute approximate surface area is 91.3 Å². The first-order valence-corrected chi connectivity index (χ1v) is 5.66. The molecule has 2 rings (SSSR count). The van der Waals surface area contributed by atoms with Crippen LogP contribution in [0.3, 0.4) is 0 Å². The fourth-order valence-electron chi connectivity index (χ4n) is 1.74. The van der Waals surface area contributed by atoms with Gasteiger partial charge in [-0.15, -0.1) is 11.6 Å². The lowest BCUT2D eigenvalue weighted by molar-refractivity contribution is 0.590. The highest BCUT2D eigenvalue weighted by Crippen LogP contribution is 2.45. The molecule has 1 fully saturated rings. The second-order valence-electron chi connectivity index (χ2n) is 5.23. The average molecular weight is 209 g/mol. The Balaban J connectivity index is 2.18. The molecule has 0 N–H and O–H groups in total. The lowest BCUT2D eigenvalue weighted by Crippen LogP contribution is -2.10. The topological polar surface area (TPSA) is 0 Å². The molecule has 0 unspecified atom stereocenters. The van der Waals surface area contributed by atoms with Crippen molar-refractivity contribution in [2.45, 2.75) is 43.9 Å². The smallest absolute Gasteiger partial charge is 0.0411 e. The van der Waals surface area contributed by atoms with Crippen molar-refractivity contribution in [2.75, 3.05) is 0 Å². The number of hydrogen-bond donors (Lipinski definition) is 0. The zero-order valence-corrected chi connectivity index (χ0v) is 9.81. The van der Waals surface area contributed by atoms with E-state index in [0.717, 1.165) is 6.42 Å². The van der Waals surface area contributed by atoms with Crippen molar-refractivity contribution in [3.8, 4) is 0 Å². The number of alkyl halides is 1. The average Bonchev–Trinajstić information content (AvgIpc) is 2.81. The van der Waals surface area contributed by atoms with E-state index in [1.807, 2.05) is 0 Å². The summed E-state index contributed by atoms with van der Waals surface area (Å²) in [6.07, 6.45) is 1.15. The molecule has 0 heterocycles. The van der Waals surface area contributed by atoms with E-state index >= 15 is 0 Å². The third kappa shape index (κ3) is 1.95. The Kier molecular flexibility index (Phi) is 2.35. The van der Waals surface area contributed by atoms with Crippen molar-refractivity contribution < 1.29 is 0 Å². The molecule has 1 saturated carbocycles. The monoisotopic (exact) mass is 208 g/mol. The molecule has 1 heteroatoms. The van der Waals surface area contributed by atoms with Crippen molar-refractivity contribution >= 4 is 11.6 Å². The van der Waals surface area contributed by atoms with Crippen LogP contribution in [0, 0.1) is 0 Å². The van der Waals surface area contributed by atoms with E-state index in [4.69, 9.17) is 11.6 Å². The summed E-state index contributed by atoms with van der Waals surface area (Å²) in [5, 5.41) is 0.385. The van der Waals surface area contributed by atoms with Crippen LogP contribution in [-0.4, -0.2) is 5.38 Å². The Bertz CT molecular complexity index is 318. The van der Waals surface area contributed by atoms with Crippen molar-refractivity contribution in [3.63, 3.8) is 0 Å². The predicted octanol–water partition coefficient (Wildman–Crippen LogP) is 4.08. The first kappa shape index (κ1) is 10.0. The molecule has 14 heavy (non-hydrogen) atoms. The van der Waals surface area contributed by atoms with Gasteiger partial charge in [0.05, 0.1) is 0 Å². The predicted molar refractivity (Wildman–Crippen MR) is 62.1 cm³/mol. The van der Waals surface area contributed by atoms with E-state index in [2.05, 4.69) is 45.0 Å². The van der Waals surface area contributed by atoms with Gasteiger partial charge in [0.1, 0.15) is 0 Å². The van der Waals surface area contributed by atoms with E-state index in [1.54, 1.807) is 0 Å². The number of benzene rings is 1. The molecular weight excluding hydrogens is 192 g/mol. The van der Waals surface area contributed by atoms with Gasteiger partial charge in [-0.05, 0) is 23.0 Å². The van der Waals surface area contributed by atoms with Crippen LogP contribution in [0.5, 0.6) is 0 Å².